The molecule has 1 aliphatic carbocycles. The third-order valence-corrected chi connectivity index (χ3v) is 4.68. The Kier molecular flexibility index (Phi) is 4.92. The Balaban J connectivity index is 2.43. The van der Waals surface area contributed by atoms with Crippen molar-refractivity contribution in [1.82, 2.24) is 0 Å². The number of anilines is 1. The van der Waals surface area contributed by atoms with E-state index in [0.717, 1.165) is 0 Å². The first-order valence-electron chi connectivity index (χ1n) is 8.10. The largest absolute Gasteiger partial charge is 0.367 e. The van der Waals surface area contributed by atoms with E-state index in [0.29, 0.717) is 23.8 Å². The molecular weight excluding hydrogens is 254 g/mol. The van der Waals surface area contributed by atoms with Crippen LogP contribution < -0.4 is 4.90 Å². The van der Waals surface area contributed by atoms with E-state index in [9.17, 15) is 0 Å². The number of benzene rings is 1. The van der Waals surface area contributed by atoms with Gasteiger partial charge in [0, 0.05) is 18.7 Å². The van der Waals surface area contributed by atoms with Gasteiger partial charge in [0.25, 0.3) is 0 Å². The van der Waals surface area contributed by atoms with Gasteiger partial charge in [0.05, 0.1) is 6.04 Å². The molecule has 0 aliphatic heterocycles. The Labute approximate surface area is 130 Å². The number of hydrogen-bond donors (Lipinski definition) is 0. The zero-order chi connectivity index (χ0) is 15.6. The van der Waals surface area contributed by atoms with E-state index in [1.807, 2.05) is 0 Å². The second-order valence-corrected chi connectivity index (χ2v) is 6.87. The summed E-state index contributed by atoms with van der Waals surface area (Å²) in [5, 5.41) is 0. The van der Waals surface area contributed by atoms with Gasteiger partial charge in [0.15, 0.2) is 0 Å². The fourth-order valence-corrected chi connectivity index (χ4v) is 3.43. The minimum atomic E-state index is 0.455. The first-order chi connectivity index (χ1) is 9.93. The number of aryl methyl sites for hydroxylation is 1. The van der Waals surface area contributed by atoms with Crippen molar-refractivity contribution in [2.24, 2.45) is 17.8 Å². The van der Waals surface area contributed by atoms with Crippen LogP contribution in [0, 0.1) is 24.7 Å². The van der Waals surface area contributed by atoms with E-state index in [1.165, 1.54) is 11.3 Å². The van der Waals surface area contributed by atoms with Crippen molar-refractivity contribution in [3.05, 3.63) is 53.6 Å². The van der Waals surface area contributed by atoms with Gasteiger partial charge < -0.3 is 4.90 Å². The Morgan fingerprint density at radius 1 is 1.05 bits per heavy atom. The lowest BCUT2D eigenvalue weighted by Gasteiger charge is -2.42. The van der Waals surface area contributed by atoms with Crippen LogP contribution in [0.4, 0.5) is 5.69 Å². The standard InChI is InChI=1S/C20H29N/c1-14(2)17-11-9-12-18(15(3)4)20(17)21(6)19-13-8-7-10-16(19)5/h7-15,17,20H,1-6H3. The van der Waals surface area contributed by atoms with E-state index < -0.39 is 0 Å². The first kappa shape index (κ1) is 15.9. The van der Waals surface area contributed by atoms with Crippen molar-refractivity contribution < 1.29 is 0 Å². The molecule has 0 radical (unpaired) electrons. The molecule has 0 N–H and O–H groups in total. The molecule has 21 heavy (non-hydrogen) atoms. The topological polar surface area (TPSA) is 3.24 Å². The Morgan fingerprint density at radius 3 is 2.29 bits per heavy atom. The maximum Gasteiger partial charge on any atom is 0.0569 e. The minimum Gasteiger partial charge on any atom is -0.367 e. The summed E-state index contributed by atoms with van der Waals surface area (Å²) >= 11 is 0. The van der Waals surface area contributed by atoms with Crippen molar-refractivity contribution in [2.75, 3.05) is 11.9 Å². The number of hydrogen-bond acceptors (Lipinski definition) is 1. The monoisotopic (exact) mass is 283 g/mol. The summed E-state index contributed by atoms with van der Waals surface area (Å²) in [5.41, 5.74) is 4.23. The molecular formula is C20H29N. The second-order valence-electron chi connectivity index (χ2n) is 6.87. The lowest BCUT2D eigenvalue weighted by molar-refractivity contribution is 0.386. The SMILES string of the molecule is Cc1ccccc1N(C)C1C(C(C)C)=CC=CC1C(C)C. The van der Waals surface area contributed by atoms with Gasteiger partial charge in [-0.05, 0) is 36.0 Å². The highest BCUT2D eigenvalue weighted by Gasteiger charge is 2.32. The fourth-order valence-electron chi connectivity index (χ4n) is 3.43. The molecule has 2 unspecified atom stereocenters. The predicted molar refractivity (Wildman–Crippen MR) is 93.8 cm³/mol. The molecule has 0 amide bonds. The third-order valence-electron chi connectivity index (χ3n) is 4.68. The molecule has 0 saturated heterocycles. The number of nitrogens with zero attached hydrogens (tertiary/aromatic N) is 1. The van der Waals surface area contributed by atoms with Gasteiger partial charge in [-0.25, -0.2) is 0 Å². The van der Waals surface area contributed by atoms with Gasteiger partial charge in [-0.1, -0.05) is 64.1 Å². The molecule has 0 saturated carbocycles. The minimum absolute atomic E-state index is 0.455. The molecule has 114 valence electrons. The van der Waals surface area contributed by atoms with Crippen LogP contribution in [0.25, 0.3) is 0 Å². The van der Waals surface area contributed by atoms with Gasteiger partial charge in [0.1, 0.15) is 0 Å². The van der Waals surface area contributed by atoms with E-state index in [1.54, 1.807) is 5.57 Å². The van der Waals surface area contributed by atoms with Gasteiger partial charge in [-0.2, -0.15) is 0 Å². The molecule has 0 bridgehead atoms. The maximum atomic E-state index is 2.48. The molecule has 0 fully saturated rings. The van der Waals surface area contributed by atoms with Crippen molar-refractivity contribution in [2.45, 2.75) is 40.7 Å². The molecule has 1 aliphatic rings. The molecule has 1 aromatic rings. The summed E-state index contributed by atoms with van der Waals surface area (Å²) in [6.45, 7) is 11.5. The van der Waals surface area contributed by atoms with Gasteiger partial charge in [0.2, 0.25) is 0 Å². The highest BCUT2D eigenvalue weighted by atomic mass is 15.1. The van der Waals surface area contributed by atoms with Gasteiger partial charge in [-0.15, -0.1) is 0 Å². The fraction of sp³-hybridized carbons (Fsp3) is 0.500. The summed E-state index contributed by atoms with van der Waals surface area (Å²) in [6, 6.07) is 9.15. The van der Waals surface area contributed by atoms with E-state index in [2.05, 4.69) is 89.1 Å². The molecule has 2 rings (SSSR count). The van der Waals surface area contributed by atoms with Crippen molar-refractivity contribution in [3.8, 4) is 0 Å². The molecule has 1 aromatic carbocycles. The Morgan fingerprint density at radius 2 is 1.71 bits per heavy atom. The van der Waals surface area contributed by atoms with Crippen LogP contribution in [0.1, 0.15) is 33.3 Å². The van der Waals surface area contributed by atoms with Crippen LogP contribution >= 0.6 is 0 Å². The molecule has 0 spiro atoms. The van der Waals surface area contributed by atoms with E-state index in [-0.39, 0.29) is 0 Å². The zero-order valence-corrected chi connectivity index (χ0v) is 14.3. The second kappa shape index (κ2) is 6.51. The summed E-state index contributed by atoms with van der Waals surface area (Å²) in [5.74, 6) is 1.78. The van der Waals surface area contributed by atoms with Crippen LogP contribution in [0.3, 0.4) is 0 Å². The van der Waals surface area contributed by atoms with Crippen LogP contribution in [-0.2, 0) is 0 Å². The van der Waals surface area contributed by atoms with Crippen molar-refractivity contribution >= 4 is 5.69 Å². The van der Waals surface area contributed by atoms with Crippen LogP contribution in [0.5, 0.6) is 0 Å². The average Bonchev–Trinajstić information content (AvgIpc) is 2.46. The van der Waals surface area contributed by atoms with E-state index in [4.69, 9.17) is 0 Å². The highest BCUT2D eigenvalue weighted by molar-refractivity contribution is 5.55. The van der Waals surface area contributed by atoms with Crippen LogP contribution in [-0.4, -0.2) is 13.1 Å². The van der Waals surface area contributed by atoms with Crippen LogP contribution in [0.15, 0.2) is 48.1 Å². The molecule has 1 heteroatoms. The third kappa shape index (κ3) is 3.23. The number of para-hydroxylation sites is 1. The summed E-state index contributed by atoms with van der Waals surface area (Å²) in [7, 11) is 2.25. The zero-order valence-electron chi connectivity index (χ0n) is 14.3. The van der Waals surface area contributed by atoms with Gasteiger partial charge >= 0.3 is 0 Å². The quantitative estimate of drug-likeness (QED) is 0.732. The lowest BCUT2D eigenvalue weighted by Crippen LogP contribution is -2.43. The molecule has 0 heterocycles. The first-order valence-corrected chi connectivity index (χ1v) is 8.10. The summed E-state index contributed by atoms with van der Waals surface area (Å²) < 4.78 is 0. The summed E-state index contributed by atoms with van der Waals surface area (Å²) in [6.07, 6.45) is 6.96. The lowest BCUT2D eigenvalue weighted by atomic mass is 9.77. The van der Waals surface area contributed by atoms with Crippen molar-refractivity contribution in [3.63, 3.8) is 0 Å². The average molecular weight is 283 g/mol. The molecule has 2 atom stereocenters. The maximum absolute atomic E-state index is 2.48. The van der Waals surface area contributed by atoms with Crippen molar-refractivity contribution in [1.29, 1.82) is 0 Å². The normalized spacial score (nSPS) is 21.8. The highest BCUT2D eigenvalue weighted by Crippen LogP contribution is 2.36. The number of allylic oxidation sites excluding steroid dienone is 2. The van der Waals surface area contributed by atoms with Crippen LogP contribution in [0.2, 0.25) is 0 Å². The smallest absolute Gasteiger partial charge is 0.0569 e. The Bertz CT molecular complexity index is 537. The van der Waals surface area contributed by atoms with Gasteiger partial charge in [-0.3, -0.25) is 0 Å². The molecule has 1 nitrogen and oxygen atoms in total. The predicted octanol–water partition coefficient (Wildman–Crippen LogP) is 5.22. The molecule has 0 aromatic heterocycles. The van der Waals surface area contributed by atoms with E-state index >= 15 is 0 Å². The number of likely N-dealkylation sites (N-methyl/N-ethyl adjacent to an activating group) is 1. The summed E-state index contributed by atoms with van der Waals surface area (Å²) in [4.78, 5) is 2.48. The number of rotatable bonds is 4. The Hall–Kier alpha value is -1.50.